The molecule has 172 valence electrons. The molecule has 1 N–H and O–H groups in total. The maximum Gasteiger partial charge on any atom is 0.339 e. The average molecular weight is 533 g/mol. The second-order valence-electron chi connectivity index (χ2n) is 6.80. The molecule has 0 saturated heterocycles. The van der Waals surface area contributed by atoms with Crippen molar-refractivity contribution in [2.75, 3.05) is 14.2 Å². The Morgan fingerprint density at radius 2 is 1.61 bits per heavy atom. The van der Waals surface area contributed by atoms with Crippen LogP contribution in [0.3, 0.4) is 0 Å². The first kappa shape index (κ1) is 24.3. The third kappa shape index (κ3) is 6.11. The molecule has 0 atom stereocenters. The molecule has 33 heavy (non-hydrogen) atoms. The van der Waals surface area contributed by atoms with Gasteiger partial charge in [-0.15, -0.1) is 0 Å². The van der Waals surface area contributed by atoms with Gasteiger partial charge in [0.25, 0.3) is 5.91 Å². The third-order valence-electron chi connectivity index (χ3n) is 4.48. The van der Waals surface area contributed by atoms with E-state index in [2.05, 4.69) is 26.5 Å². The first-order valence-electron chi connectivity index (χ1n) is 9.59. The first-order valence-corrected chi connectivity index (χ1v) is 11.8. The molecule has 10 heteroatoms. The Morgan fingerprint density at radius 1 is 0.939 bits per heavy atom. The van der Waals surface area contributed by atoms with Crippen LogP contribution in [0.25, 0.3) is 0 Å². The van der Waals surface area contributed by atoms with E-state index in [-0.39, 0.29) is 16.4 Å². The van der Waals surface area contributed by atoms with Gasteiger partial charge in [0.05, 0.1) is 26.0 Å². The summed E-state index contributed by atoms with van der Waals surface area (Å²) in [6, 6.07) is 15.9. The van der Waals surface area contributed by atoms with Crippen molar-refractivity contribution >= 4 is 38.2 Å². The summed E-state index contributed by atoms with van der Waals surface area (Å²) >= 11 is 3.32. The molecular weight excluding hydrogens is 512 g/mol. The number of methoxy groups -OCH3 is 2. The Morgan fingerprint density at radius 3 is 2.27 bits per heavy atom. The van der Waals surface area contributed by atoms with Crippen LogP contribution in [0.4, 0.5) is 0 Å². The van der Waals surface area contributed by atoms with Gasteiger partial charge in [-0.05, 0) is 61.0 Å². The molecule has 0 radical (unpaired) electrons. The number of aryl methyl sites for hydroxylation is 1. The SMILES string of the molecule is COc1cc(/C=N\NC(=O)c2cc(Br)ccc2OC)ccc1OS(=O)(=O)c1ccc(C)cc1. The number of rotatable bonds is 8. The van der Waals surface area contributed by atoms with Crippen molar-refractivity contribution < 1.29 is 26.9 Å². The molecular formula is C23H21BrN2O6S. The summed E-state index contributed by atoms with van der Waals surface area (Å²) in [6.07, 6.45) is 1.39. The monoisotopic (exact) mass is 532 g/mol. The lowest BCUT2D eigenvalue weighted by Gasteiger charge is -2.11. The van der Waals surface area contributed by atoms with Crippen LogP contribution in [0, 0.1) is 6.92 Å². The largest absolute Gasteiger partial charge is 0.496 e. The summed E-state index contributed by atoms with van der Waals surface area (Å²) in [5, 5.41) is 3.95. The molecule has 0 aliphatic carbocycles. The average Bonchev–Trinajstić information content (AvgIpc) is 2.80. The van der Waals surface area contributed by atoms with Crippen LogP contribution in [0.1, 0.15) is 21.5 Å². The lowest BCUT2D eigenvalue weighted by Crippen LogP contribution is -2.18. The molecule has 0 fully saturated rings. The zero-order valence-corrected chi connectivity index (χ0v) is 20.4. The number of amides is 1. The van der Waals surface area contributed by atoms with Gasteiger partial charge in [0, 0.05) is 4.47 Å². The van der Waals surface area contributed by atoms with E-state index in [0.717, 1.165) is 10.0 Å². The van der Waals surface area contributed by atoms with Gasteiger partial charge in [-0.25, -0.2) is 5.43 Å². The summed E-state index contributed by atoms with van der Waals surface area (Å²) in [4.78, 5) is 12.5. The fraction of sp³-hybridized carbons (Fsp3) is 0.130. The van der Waals surface area contributed by atoms with E-state index in [0.29, 0.717) is 16.9 Å². The van der Waals surface area contributed by atoms with E-state index in [9.17, 15) is 13.2 Å². The fourth-order valence-electron chi connectivity index (χ4n) is 2.79. The van der Waals surface area contributed by atoms with E-state index >= 15 is 0 Å². The van der Waals surface area contributed by atoms with Crippen LogP contribution < -0.4 is 19.1 Å². The van der Waals surface area contributed by atoms with Crippen LogP contribution >= 0.6 is 15.9 Å². The highest BCUT2D eigenvalue weighted by Crippen LogP contribution is 2.30. The molecule has 0 spiro atoms. The molecule has 8 nitrogen and oxygen atoms in total. The Bertz CT molecular complexity index is 1290. The van der Waals surface area contributed by atoms with Gasteiger partial charge in [-0.3, -0.25) is 4.79 Å². The van der Waals surface area contributed by atoms with E-state index < -0.39 is 16.0 Å². The Labute approximate surface area is 200 Å². The van der Waals surface area contributed by atoms with Crippen molar-refractivity contribution in [3.63, 3.8) is 0 Å². The highest BCUT2D eigenvalue weighted by molar-refractivity contribution is 9.10. The van der Waals surface area contributed by atoms with Gasteiger partial charge >= 0.3 is 10.1 Å². The van der Waals surface area contributed by atoms with E-state index in [1.165, 1.54) is 44.7 Å². The van der Waals surface area contributed by atoms with Gasteiger partial charge in [-0.2, -0.15) is 13.5 Å². The minimum Gasteiger partial charge on any atom is -0.496 e. The van der Waals surface area contributed by atoms with Crippen molar-refractivity contribution in [2.24, 2.45) is 5.10 Å². The normalized spacial score (nSPS) is 11.3. The van der Waals surface area contributed by atoms with Crippen LogP contribution in [0.5, 0.6) is 17.2 Å². The molecule has 0 saturated carbocycles. The van der Waals surface area contributed by atoms with Crippen LogP contribution in [-0.2, 0) is 10.1 Å². The Balaban J connectivity index is 1.74. The number of hydrogen-bond acceptors (Lipinski definition) is 7. The molecule has 1 amide bonds. The predicted octanol–water partition coefficient (Wildman–Crippen LogP) is 4.31. The number of benzene rings is 3. The standard InChI is InChI=1S/C23H21BrN2O6S/c1-15-4-8-18(9-5-15)33(28,29)32-21-10-6-16(12-22(21)31-3)14-25-26-23(27)19-13-17(24)7-11-20(19)30-2/h4-14H,1-3H3,(H,26,27)/b25-14-. The molecule has 0 unspecified atom stereocenters. The minimum atomic E-state index is -4.03. The van der Waals surface area contributed by atoms with Gasteiger partial charge in [0.1, 0.15) is 10.6 Å². The quantitative estimate of drug-likeness (QED) is 0.263. The predicted molar refractivity (Wildman–Crippen MR) is 128 cm³/mol. The summed E-state index contributed by atoms with van der Waals surface area (Å²) in [7, 11) is -1.17. The summed E-state index contributed by atoms with van der Waals surface area (Å²) < 4.78 is 41.6. The lowest BCUT2D eigenvalue weighted by atomic mass is 10.2. The summed E-state index contributed by atoms with van der Waals surface area (Å²) in [5.41, 5.74) is 4.22. The number of nitrogens with zero attached hydrogens (tertiary/aromatic N) is 1. The van der Waals surface area contributed by atoms with Crippen molar-refractivity contribution in [1.82, 2.24) is 5.43 Å². The maximum absolute atomic E-state index is 12.6. The number of ether oxygens (including phenoxy) is 2. The van der Waals surface area contributed by atoms with Crippen molar-refractivity contribution in [1.29, 1.82) is 0 Å². The molecule has 3 aromatic carbocycles. The highest BCUT2D eigenvalue weighted by Gasteiger charge is 2.19. The summed E-state index contributed by atoms with van der Waals surface area (Å²) in [5.74, 6) is 0.164. The molecule has 3 aromatic rings. The van der Waals surface area contributed by atoms with Crippen LogP contribution in [0.15, 0.2) is 75.1 Å². The van der Waals surface area contributed by atoms with E-state index in [1.54, 1.807) is 36.4 Å². The summed E-state index contributed by atoms with van der Waals surface area (Å²) in [6.45, 7) is 1.86. The third-order valence-corrected chi connectivity index (χ3v) is 6.22. The van der Waals surface area contributed by atoms with Crippen LogP contribution in [-0.4, -0.2) is 34.8 Å². The van der Waals surface area contributed by atoms with Gasteiger partial charge in [0.15, 0.2) is 11.5 Å². The van der Waals surface area contributed by atoms with Gasteiger partial charge in [0.2, 0.25) is 0 Å². The van der Waals surface area contributed by atoms with Gasteiger partial charge < -0.3 is 13.7 Å². The number of hydrogen-bond donors (Lipinski definition) is 1. The maximum atomic E-state index is 12.6. The molecule has 0 heterocycles. The van der Waals surface area contributed by atoms with Crippen molar-refractivity contribution in [3.8, 4) is 17.2 Å². The number of carbonyl (C=O) groups excluding carboxylic acids is 1. The number of halogens is 1. The Kier molecular flexibility index (Phi) is 7.72. The highest BCUT2D eigenvalue weighted by atomic mass is 79.9. The molecule has 0 bridgehead atoms. The van der Waals surface area contributed by atoms with Gasteiger partial charge in [-0.1, -0.05) is 33.6 Å². The van der Waals surface area contributed by atoms with E-state index in [4.69, 9.17) is 13.7 Å². The lowest BCUT2D eigenvalue weighted by molar-refractivity contribution is 0.0952. The zero-order chi connectivity index (χ0) is 24.0. The first-order chi connectivity index (χ1) is 15.7. The molecule has 3 rings (SSSR count). The second-order valence-corrected chi connectivity index (χ2v) is 9.27. The minimum absolute atomic E-state index is 0.0260. The number of hydrazone groups is 1. The topological polar surface area (TPSA) is 103 Å². The fourth-order valence-corrected chi connectivity index (χ4v) is 4.09. The number of carbonyl (C=O) groups is 1. The number of nitrogens with one attached hydrogen (secondary N) is 1. The van der Waals surface area contributed by atoms with E-state index in [1.807, 2.05) is 6.92 Å². The molecule has 0 aromatic heterocycles. The molecule has 0 aliphatic rings. The van der Waals surface area contributed by atoms with Crippen molar-refractivity contribution in [2.45, 2.75) is 11.8 Å². The zero-order valence-electron chi connectivity index (χ0n) is 18.0. The second kappa shape index (κ2) is 10.5. The van der Waals surface area contributed by atoms with Crippen LogP contribution in [0.2, 0.25) is 0 Å². The smallest absolute Gasteiger partial charge is 0.339 e. The van der Waals surface area contributed by atoms with Crippen molar-refractivity contribution in [3.05, 3.63) is 81.8 Å². The Hall–Kier alpha value is -3.37. The molecule has 0 aliphatic heterocycles.